The highest BCUT2D eigenvalue weighted by molar-refractivity contribution is 8.27. The Kier molecular flexibility index (Phi) is 6.95. The quantitative estimate of drug-likeness (QED) is 0.361. The van der Waals surface area contributed by atoms with Crippen LogP contribution in [0.25, 0.3) is 6.08 Å². The maximum Gasteiger partial charge on any atom is 0.270 e. The van der Waals surface area contributed by atoms with E-state index < -0.39 is 11.7 Å². The second kappa shape index (κ2) is 10.1. The van der Waals surface area contributed by atoms with E-state index >= 15 is 0 Å². The highest BCUT2D eigenvalue weighted by Crippen LogP contribution is 2.38. The van der Waals surface area contributed by atoms with Gasteiger partial charge in [0.2, 0.25) is 0 Å². The van der Waals surface area contributed by atoms with Gasteiger partial charge in [-0.15, -0.1) is 0 Å². The molecule has 0 unspecified atom stereocenters. The predicted molar refractivity (Wildman–Crippen MR) is 136 cm³/mol. The molecule has 2 amide bonds. The Labute approximate surface area is 205 Å². The highest BCUT2D eigenvalue weighted by atomic mass is 32.2. The van der Waals surface area contributed by atoms with Crippen molar-refractivity contribution >= 4 is 57.6 Å². The number of carbonyl (C=O) groups excluding carboxylic acids is 2. The first-order chi connectivity index (χ1) is 16.4. The maximum atomic E-state index is 13.2. The number of hydrogen-bond acceptors (Lipinski definition) is 6. The Hall–Kier alpha value is -3.69. The fourth-order valence-electron chi connectivity index (χ4n) is 3.29. The van der Waals surface area contributed by atoms with Crippen LogP contribution in [0.3, 0.4) is 0 Å². The van der Waals surface area contributed by atoms with Gasteiger partial charge in [0.05, 0.1) is 24.8 Å². The van der Waals surface area contributed by atoms with Crippen molar-refractivity contribution in [3.63, 3.8) is 0 Å². The summed E-state index contributed by atoms with van der Waals surface area (Å²) in [6.45, 7) is 0. The molecule has 1 fully saturated rings. The molecule has 0 bridgehead atoms. The number of nitrogens with one attached hydrogen (secondary N) is 1. The summed E-state index contributed by atoms with van der Waals surface area (Å²) in [6, 6.07) is 17.3. The molecule has 1 aliphatic heterocycles. The van der Waals surface area contributed by atoms with E-state index in [1.165, 1.54) is 29.2 Å². The van der Waals surface area contributed by atoms with Gasteiger partial charge in [-0.05, 0) is 60.7 Å². The number of rotatable bonds is 6. The van der Waals surface area contributed by atoms with Gasteiger partial charge in [-0.1, -0.05) is 30.0 Å². The molecule has 1 heterocycles. The minimum Gasteiger partial charge on any atom is -0.497 e. The molecular weight excluding hydrogens is 475 g/mol. The molecule has 172 valence electrons. The molecule has 1 aliphatic rings. The van der Waals surface area contributed by atoms with Crippen LogP contribution in [-0.4, -0.2) is 30.4 Å². The third-order valence-electron chi connectivity index (χ3n) is 4.99. The standard InChI is InChI=1S/C25H19FN2O4S2/c1-31-20-11-6-15(21(14-20)32-2)13-22-24(30)28(25(33)34-22)19-5-3-4-16(12-19)23(29)27-18-9-7-17(26)8-10-18/h3-14H,1-2H3,(H,27,29)/b22-13+. The summed E-state index contributed by atoms with van der Waals surface area (Å²) in [5.74, 6) is 0.109. The van der Waals surface area contributed by atoms with Crippen LogP contribution in [0.1, 0.15) is 15.9 Å². The third kappa shape index (κ3) is 4.95. The summed E-state index contributed by atoms with van der Waals surface area (Å²) in [6.07, 6.45) is 1.71. The van der Waals surface area contributed by atoms with E-state index in [4.69, 9.17) is 21.7 Å². The molecule has 0 atom stereocenters. The van der Waals surface area contributed by atoms with Crippen LogP contribution in [0.2, 0.25) is 0 Å². The van der Waals surface area contributed by atoms with Crippen LogP contribution in [0.15, 0.2) is 71.6 Å². The van der Waals surface area contributed by atoms with E-state index in [1.807, 2.05) is 0 Å². The predicted octanol–water partition coefficient (Wildman–Crippen LogP) is 5.50. The Morgan fingerprint density at radius 3 is 2.53 bits per heavy atom. The third-order valence-corrected chi connectivity index (χ3v) is 6.29. The Bertz CT molecular complexity index is 1310. The van der Waals surface area contributed by atoms with Crippen LogP contribution in [0.5, 0.6) is 11.5 Å². The summed E-state index contributed by atoms with van der Waals surface area (Å²) in [5, 5.41) is 2.71. The Morgan fingerprint density at radius 1 is 1.06 bits per heavy atom. The van der Waals surface area contributed by atoms with Crippen LogP contribution in [0.4, 0.5) is 15.8 Å². The van der Waals surface area contributed by atoms with E-state index in [1.54, 1.807) is 62.8 Å². The monoisotopic (exact) mass is 494 g/mol. The summed E-state index contributed by atoms with van der Waals surface area (Å²) < 4.78 is 24.1. The van der Waals surface area contributed by atoms with Crippen LogP contribution >= 0.6 is 24.0 Å². The molecule has 1 saturated heterocycles. The lowest BCUT2D eigenvalue weighted by molar-refractivity contribution is -0.113. The Morgan fingerprint density at radius 2 is 1.82 bits per heavy atom. The fraction of sp³-hybridized carbons (Fsp3) is 0.0800. The van der Waals surface area contributed by atoms with E-state index in [-0.39, 0.29) is 5.91 Å². The van der Waals surface area contributed by atoms with E-state index in [2.05, 4.69) is 5.32 Å². The van der Waals surface area contributed by atoms with Gasteiger partial charge in [0.15, 0.2) is 4.32 Å². The van der Waals surface area contributed by atoms with Crippen molar-refractivity contribution in [1.82, 2.24) is 0 Å². The molecule has 6 nitrogen and oxygen atoms in total. The molecule has 0 spiro atoms. The molecule has 0 saturated carbocycles. The summed E-state index contributed by atoms with van der Waals surface area (Å²) in [7, 11) is 3.10. The molecule has 3 aromatic carbocycles. The van der Waals surface area contributed by atoms with E-state index in [0.717, 1.165) is 11.8 Å². The SMILES string of the molecule is COc1ccc(/C=C2/SC(=S)N(c3cccc(C(=O)Nc4ccc(F)cc4)c3)C2=O)c(OC)c1. The minimum absolute atomic E-state index is 0.302. The number of nitrogens with zero attached hydrogens (tertiary/aromatic N) is 1. The van der Waals surface area contributed by atoms with Crippen molar-refractivity contribution in [3.05, 3.63) is 88.6 Å². The molecule has 9 heteroatoms. The van der Waals surface area contributed by atoms with Gasteiger partial charge in [-0.2, -0.15) is 0 Å². The first-order valence-electron chi connectivity index (χ1n) is 10.1. The number of methoxy groups -OCH3 is 2. The van der Waals surface area contributed by atoms with Crippen molar-refractivity contribution in [2.24, 2.45) is 0 Å². The van der Waals surface area contributed by atoms with Crippen molar-refractivity contribution in [2.75, 3.05) is 24.4 Å². The summed E-state index contributed by atoms with van der Waals surface area (Å²) in [4.78, 5) is 27.7. The fourth-order valence-corrected chi connectivity index (χ4v) is 4.58. The summed E-state index contributed by atoms with van der Waals surface area (Å²) >= 11 is 6.62. The zero-order valence-corrected chi connectivity index (χ0v) is 19.8. The lowest BCUT2D eigenvalue weighted by atomic mass is 10.1. The molecule has 1 N–H and O–H groups in total. The number of hydrogen-bond donors (Lipinski definition) is 1. The lowest BCUT2D eigenvalue weighted by Crippen LogP contribution is -2.27. The molecule has 0 radical (unpaired) electrons. The Balaban J connectivity index is 1.58. The highest BCUT2D eigenvalue weighted by Gasteiger charge is 2.33. The molecule has 0 aromatic heterocycles. The second-order valence-electron chi connectivity index (χ2n) is 7.14. The molecule has 0 aliphatic carbocycles. The first-order valence-corrected chi connectivity index (χ1v) is 11.3. The van der Waals surface area contributed by atoms with Crippen molar-refractivity contribution in [3.8, 4) is 11.5 Å². The molecule has 3 aromatic rings. The number of carbonyl (C=O) groups is 2. The zero-order valence-electron chi connectivity index (χ0n) is 18.2. The largest absolute Gasteiger partial charge is 0.497 e. The lowest BCUT2D eigenvalue weighted by Gasteiger charge is -2.15. The van der Waals surface area contributed by atoms with E-state index in [9.17, 15) is 14.0 Å². The molecule has 4 rings (SSSR count). The van der Waals surface area contributed by atoms with Crippen LogP contribution in [-0.2, 0) is 4.79 Å². The van der Waals surface area contributed by atoms with Gasteiger partial charge in [0.1, 0.15) is 17.3 Å². The van der Waals surface area contributed by atoms with Gasteiger partial charge in [0, 0.05) is 22.9 Å². The van der Waals surface area contributed by atoms with Crippen molar-refractivity contribution in [2.45, 2.75) is 0 Å². The van der Waals surface area contributed by atoms with E-state index in [0.29, 0.717) is 43.2 Å². The topological polar surface area (TPSA) is 67.9 Å². The number of amides is 2. The average molecular weight is 495 g/mol. The van der Waals surface area contributed by atoms with Crippen LogP contribution < -0.4 is 19.7 Å². The van der Waals surface area contributed by atoms with Crippen LogP contribution in [0, 0.1) is 5.82 Å². The number of thioether (sulfide) groups is 1. The maximum absolute atomic E-state index is 13.2. The smallest absolute Gasteiger partial charge is 0.270 e. The van der Waals surface area contributed by atoms with Gasteiger partial charge in [0.25, 0.3) is 11.8 Å². The minimum atomic E-state index is -0.394. The molecular formula is C25H19FN2O4S2. The summed E-state index contributed by atoms with van der Waals surface area (Å²) in [5.41, 5.74) is 1.96. The number of benzene rings is 3. The van der Waals surface area contributed by atoms with Gasteiger partial charge in [-0.3, -0.25) is 14.5 Å². The number of anilines is 2. The second-order valence-corrected chi connectivity index (χ2v) is 8.81. The zero-order chi connectivity index (χ0) is 24.2. The van der Waals surface area contributed by atoms with Gasteiger partial charge in [-0.25, -0.2) is 4.39 Å². The van der Waals surface area contributed by atoms with Crippen molar-refractivity contribution in [1.29, 1.82) is 0 Å². The van der Waals surface area contributed by atoms with Crippen molar-refractivity contribution < 1.29 is 23.5 Å². The number of halogens is 1. The number of ether oxygens (including phenoxy) is 2. The normalized spacial score (nSPS) is 14.4. The number of thiocarbonyl (C=S) groups is 1. The molecule has 34 heavy (non-hydrogen) atoms. The first kappa shape index (κ1) is 23.5. The van der Waals surface area contributed by atoms with Gasteiger partial charge >= 0.3 is 0 Å². The average Bonchev–Trinajstić information content (AvgIpc) is 3.13. The van der Waals surface area contributed by atoms with Gasteiger partial charge < -0.3 is 14.8 Å².